The largest absolute Gasteiger partial charge is 3.00 e. The van der Waals surface area contributed by atoms with Crippen molar-refractivity contribution in [1.82, 2.24) is 38.2 Å². The summed E-state index contributed by atoms with van der Waals surface area (Å²) in [5.74, 6) is -0.125. The van der Waals surface area contributed by atoms with Crippen LogP contribution in [0.25, 0.3) is 175 Å². The molecule has 0 aliphatic rings. The van der Waals surface area contributed by atoms with E-state index in [1.54, 1.807) is 24.8 Å². The van der Waals surface area contributed by atoms with Gasteiger partial charge in [-0.1, -0.05) is 238 Å². The molecule has 10 nitrogen and oxygen atoms in total. The summed E-state index contributed by atoms with van der Waals surface area (Å²) in [6.07, 6.45) is 7.29. The summed E-state index contributed by atoms with van der Waals surface area (Å²) in [5.41, 5.74) is 28.4. The summed E-state index contributed by atoms with van der Waals surface area (Å²) in [7, 11) is 0. The molecule has 20 rings (SSSR count). The second-order valence-electron chi connectivity index (χ2n) is 44.0. The molecular formula is C117H118IrN8O2+. The van der Waals surface area contributed by atoms with Crippen LogP contribution < -0.4 is 0 Å². The van der Waals surface area contributed by atoms with Crippen molar-refractivity contribution in [1.29, 1.82) is 0 Å². The topological polar surface area (TPSA) is 105 Å². The van der Waals surface area contributed by atoms with Crippen molar-refractivity contribution in [3.05, 3.63) is 288 Å². The first-order chi connectivity index (χ1) is 59.7. The molecule has 0 atom stereocenters. The average molecular weight is 1860 g/mol. The van der Waals surface area contributed by atoms with Crippen LogP contribution in [0, 0.1) is 12.1 Å². The molecule has 0 aliphatic carbocycles. The maximum absolute atomic E-state index is 10.0. The Hall–Kier alpha value is -12.0. The maximum atomic E-state index is 10.0. The molecule has 6 aromatic heterocycles. The molecule has 0 N–H and O–H groups in total. The molecule has 0 unspecified atom stereocenters. The van der Waals surface area contributed by atoms with Gasteiger partial charge in [0.2, 0.25) is 0 Å². The minimum atomic E-state index is -0.0625. The van der Waals surface area contributed by atoms with E-state index in [9.17, 15) is 9.59 Å². The second kappa shape index (κ2) is 31.2. The van der Waals surface area contributed by atoms with E-state index in [-0.39, 0.29) is 81.4 Å². The standard InChI is InChI=1S/2C56H55N4.C5H8O2.Ir/c2*1-53(2,3)33-13-21-47-43(27-33)44-28-34(54(4,5)6)14-22-48(44)59(47)37-17-19-39-41(31-37)42-32-38(18-20-40(42)52-51(39)57-25-26-58-52)60-49-23-15-35(55(7,8)9)29-45(49)46-30-36(56(10,11)12)16-24-50(46)60;1-4(6)3-5(2)7;/h2*13-19,21-32H,1-12H3;3H2,1-2H3;/q2*-1;;+3. The Morgan fingerprint density at radius 3 is 0.625 bits per heavy atom. The van der Waals surface area contributed by atoms with E-state index in [1.165, 1.54) is 146 Å². The van der Waals surface area contributed by atoms with Crippen LogP contribution >= 0.6 is 0 Å². The third kappa shape index (κ3) is 15.5. The van der Waals surface area contributed by atoms with Gasteiger partial charge in [0, 0.05) is 112 Å². The van der Waals surface area contributed by atoms with Crippen LogP contribution in [0.1, 0.15) is 231 Å². The van der Waals surface area contributed by atoms with Gasteiger partial charge >= 0.3 is 20.1 Å². The SMILES string of the molecule is CC(=O)CC(C)=O.CC(C)(C)c1ccc2c(c1)c1cc(C(C)(C)C)ccc1n2-c1c[c-]c2c(c1)c1cc(-n3c4ccc(C(C)(C)C)cc4c4cc(C(C)(C)C)ccc43)ccc1c1nccnc21.CC(C)(C)c1ccc2c(c1)c1cc(C(C)(C)C)ccc1n2-c1c[c-]c2c(c1)c1cc(-n3c4ccc(C(C)(C)C)cc4c4cc(C(C)(C)C)ccc43)ccc1c1nccnc21.[Ir+3]. The van der Waals surface area contributed by atoms with Crippen LogP contribution in [0.5, 0.6) is 0 Å². The van der Waals surface area contributed by atoms with Crippen LogP contribution in [0.3, 0.4) is 0 Å². The Kier molecular flexibility index (Phi) is 21.4. The predicted molar refractivity (Wildman–Crippen MR) is 540 cm³/mol. The van der Waals surface area contributed by atoms with Crippen molar-refractivity contribution < 1.29 is 29.7 Å². The fourth-order valence-corrected chi connectivity index (χ4v) is 19.0. The van der Waals surface area contributed by atoms with E-state index in [2.05, 4.69) is 403 Å². The molecule has 0 fully saturated rings. The van der Waals surface area contributed by atoms with Crippen molar-refractivity contribution >= 4 is 164 Å². The van der Waals surface area contributed by atoms with Gasteiger partial charge in [-0.15, -0.1) is 47.2 Å². The Bertz CT molecular complexity index is 6790. The first-order valence-electron chi connectivity index (χ1n) is 45.1. The van der Waals surface area contributed by atoms with Crippen molar-refractivity contribution in [3.63, 3.8) is 0 Å². The van der Waals surface area contributed by atoms with Gasteiger partial charge in [0.25, 0.3) is 0 Å². The normalized spacial score (nSPS) is 13.0. The average Bonchev–Trinajstić information content (AvgIpc) is 1.68. The molecule has 0 aliphatic heterocycles. The number of carbonyl (C=O) groups excluding carboxylic acids is 2. The Balaban J connectivity index is 0.000000166. The van der Waals surface area contributed by atoms with E-state index < -0.39 is 0 Å². The number of carbonyl (C=O) groups is 2. The zero-order valence-corrected chi connectivity index (χ0v) is 81.8. The van der Waals surface area contributed by atoms with Crippen LogP contribution in [0.15, 0.2) is 231 Å². The van der Waals surface area contributed by atoms with Gasteiger partial charge in [-0.25, -0.2) is 0 Å². The first-order valence-corrected chi connectivity index (χ1v) is 45.1. The summed E-state index contributed by atoms with van der Waals surface area (Å²) in [4.78, 5) is 39.8. The van der Waals surface area contributed by atoms with Gasteiger partial charge < -0.3 is 28.2 Å². The fourth-order valence-electron chi connectivity index (χ4n) is 19.0. The summed E-state index contributed by atoms with van der Waals surface area (Å²) < 4.78 is 9.77. The number of nitrogens with zero attached hydrogens (tertiary/aromatic N) is 8. The third-order valence-corrected chi connectivity index (χ3v) is 26.3. The van der Waals surface area contributed by atoms with Crippen molar-refractivity contribution in [2.75, 3.05) is 0 Å². The Morgan fingerprint density at radius 2 is 0.430 bits per heavy atom. The predicted octanol–water partition coefficient (Wildman–Crippen LogP) is 30.8. The van der Waals surface area contributed by atoms with Crippen LogP contribution in [0.4, 0.5) is 0 Å². The van der Waals surface area contributed by atoms with E-state index in [1.807, 2.05) is 0 Å². The number of fused-ring (bicyclic) bond motifs is 24. The first kappa shape index (κ1) is 88.0. The molecule has 0 saturated carbocycles. The molecule has 646 valence electrons. The molecule has 0 bridgehead atoms. The van der Waals surface area contributed by atoms with E-state index >= 15 is 0 Å². The van der Waals surface area contributed by atoms with E-state index in [4.69, 9.17) is 19.9 Å². The third-order valence-electron chi connectivity index (χ3n) is 26.3. The second-order valence-corrected chi connectivity index (χ2v) is 44.0. The van der Waals surface area contributed by atoms with Gasteiger partial charge in [-0.2, -0.15) is 0 Å². The van der Waals surface area contributed by atoms with Gasteiger partial charge in [0.15, 0.2) is 0 Å². The van der Waals surface area contributed by atoms with E-state index in [0.717, 1.165) is 87.9 Å². The number of Topliss-reactive ketones (excluding diaryl/α,β-unsaturated/α-hetero) is 2. The molecule has 0 spiro atoms. The quantitative estimate of drug-likeness (QED) is 0.0933. The van der Waals surface area contributed by atoms with Crippen LogP contribution in [0.2, 0.25) is 0 Å². The summed E-state index contributed by atoms with van der Waals surface area (Å²) in [6, 6.07) is 86.7. The van der Waals surface area contributed by atoms with Crippen LogP contribution in [-0.4, -0.2) is 49.8 Å². The maximum Gasteiger partial charge on any atom is 3.00 e. The number of rotatable bonds is 6. The van der Waals surface area contributed by atoms with Crippen molar-refractivity contribution in [3.8, 4) is 22.7 Å². The zero-order chi connectivity index (χ0) is 90.4. The van der Waals surface area contributed by atoms with Crippen molar-refractivity contribution in [2.24, 2.45) is 0 Å². The van der Waals surface area contributed by atoms with Gasteiger partial charge in [0.1, 0.15) is 11.6 Å². The molecule has 0 saturated heterocycles. The molecular weight excluding hydrogens is 1740 g/mol. The Labute approximate surface area is 766 Å². The minimum absolute atomic E-state index is 0. The fraction of sp³-hybridized carbons (Fsp3) is 0.299. The molecule has 20 aromatic rings. The summed E-state index contributed by atoms with van der Waals surface area (Å²) >= 11 is 0. The van der Waals surface area contributed by atoms with Gasteiger partial charge in [-0.3, -0.25) is 19.6 Å². The number of ketones is 2. The summed E-state index contributed by atoms with van der Waals surface area (Å²) in [5, 5.41) is 18.8. The summed E-state index contributed by atoms with van der Waals surface area (Å²) in [6.45, 7) is 57.9. The number of benzene rings is 14. The molecule has 0 radical (unpaired) electrons. The zero-order valence-electron chi connectivity index (χ0n) is 79.4. The number of aromatic nitrogens is 8. The van der Waals surface area contributed by atoms with E-state index in [0.29, 0.717) is 0 Å². The molecule has 128 heavy (non-hydrogen) atoms. The molecule has 14 aromatic carbocycles. The molecule has 11 heteroatoms. The van der Waals surface area contributed by atoms with Gasteiger partial charge in [0.05, 0.1) is 39.5 Å². The monoisotopic (exact) mass is 1860 g/mol. The van der Waals surface area contributed by atoms with Gasteiger partial charge in [-0.05, 0) is 256 Å². The number of hydrogen-bond acceptors (Lipinski definition) is 6. The van der Waals surface area contributed by atoms with Crippen molar-refractivity contribution in [2.45, 2.75) is 230 Å². The minimum Gasteiger partial charge on any atom is -0.351 e. The number of hydrogen-bond donors (Lipinski definition) is 0. The smallest absolute Gasteiger partial charge is 0.351 e. The van der Waals surface area contributed by atoms with Crippen LogP contribution in [-0.2, 0) is 73.0 Å². The Morgan fingerprint density at radius 1 is 0.234 bits per heavy atom. The molecule has 6 heterocycles. The molecule has 0 amide bonds.